The van der Waals surface area contributed by atoms with Crippen LogP contribution in [0.3, 0.4) is 0 Å². The smallest absolute Gasteiger partial charge is 0.227 e. The van der Waals surface area contributed by atoms with Gasteiger partial charge in [-0.3, -0.25) is 9.59 Å². The van der Waals surface area contributed by atoms with Gasteiger partial charge in [0, 0.05) is 17.2 Å². The average Bonchev–Trinajstić information content (AvgIpc) is 2.76. The summed E-state index contributed by atoms with van der Waals surface area (Å²) in [4.78, 5) is 23.3. The molecule has 1 saturated carbocycles. The van der Waals surface area contributed by atoms with Crippen LogP contribution in [0.5, 0.6) is 0 Å². The Labute approximate surface area is 196 Å². The zero-order valence-corrected chi connectivity index (χ0v) is 20.4. The van der Waals surface area contributed by atoms with Crippen LogP contribution in [0, 0.1) is 18.8 Å². The maximum absolute atomic E-state index is 12.2. The molecule has 0 aromatic heterocycles. The predicted molar refractivity (Wildman–Crippen MR) is 131 cm³/mol. The van der Waals surface area contributed by atoms with E-state index in [0.717, 1.165) is 49.3 Å². The maximum Gasteiger partial charge on any atom is 0.227 e. The van der Waals surface area contributed by atoms with Crippen molar-refractivity contribution in [2.24, 2.45) is 11.8 Å². The number of benzene rings is 2. The van der Waals surface area contributed by atoms with E-state index in [1.807, 2.05) is 25.1 Å². The van der Waals surface area contributed by atoms with Crippen molar-refractivity contribution in [1.29, 1.82) is 0 Å². The molecule has 0 unspecified atom stereocenters. The number of carbonyl (C=O) groups excluding carboxylic acids is 2. The third-order valence-electron chi connectivity index (χ3n) is 6.13. The Morgan fingerprint density at radius 3 is 2.19 bits per heavy atom. The van der Waals surface area contributed by atoms with Crippen molar-refractivity contribution in [1.82, 2.24) is 0 Å². The van der Waals surface area contributed by atoms with E-state index in [1.165, 1.54) is 17.5 Å². The SMILES string of the molecule is CCC1CCC(C(=O)Nc2ccc(Cl)c(Cl)c2)CC1.CCc1c(C)cccc1C(C)=O. The largest absolute Gasteiger partial charge is 0.326 e. The molecule has 1 N–H and O–H groups in total. The highest BCUT2D eigenvalue weighted by Gasteiger charge is 2.25. The normalized spacial score (nSPS) is 18.0. The Kier molecular flexibility index (Phi) is 10.1. The monoisotopic (exact) mass is 461 g/mol. The quantitative estimate of drug-likeness (QED) is 0.459. The number of Topliss-reactive ketones (excluding diaryl/α,β-unsaturated/α-hetero) is 1. The Morgan fingerprint density at radius 1 is 1.00 bits per heavy atom. The number of anilines is 1. The van der Waals surface area contributed by atoms with Gasteiger partial charge in [-0.05, 0) is 81.2 Å². The molecule has 0 bridgehead atoms. The molecule has 2 aromatic carbocycles. The molecular formula is C26H33Cl2NO2. The summed E-state index contributed by atoms with van der Waals surface area (Å²) in [5.74, 6) is 1.20. The second-order valence-electron chi connectivity index (χ2n) is 8.25. The summed E-state index contributed by atoms with van der Waals surface area (Å²) in [5, 5.41) is 3.90. The lowest BCUT2D eigenvalue weighted by Crippen LogP contribution is -2.27. The van der Waals surface area contributed by atoms with E-state index in [0.29, 0.717) is 10.0 Å². The molecule has 1 aliphatic rings. The van der Waals surface area contributed by atoms with E-state index >= 15 is 0 Å². The van der Waals surface area contributed by atoms with Gasteiger partial charge in [0.1, 0.15) is 0 Å². The summed E-state index contributed by atoms with van der Waals surface area (Å²) in [7, 11) is 0. The van der Waals surface area contributed by atoms with Crippen molar-refractivity contribution < 1.29 is 9.59 Å². The number of hydrogen-bond acceptors (Lipinski definition) is 2. The van der Waals surface area contributed by atoms with Crippen LogP contribution in [0.4, 0.5) is 5.69 Å². The van der Waals surface area contributed by atoms with Gasteiger partial charge in [-0.25, -0.2) is 0 Å². The van der Waals surface area contributed by atoms with Crippen molar-refractivity contribution in [3.8, 4) is 0 Å². The number of ketones is 1. The summed E-state index contributed by atoms with van der Waals surface area (Å²) in [6, 6.07) is 11.1. The van der Waals surface area contributed by atoms with E-state index in [4.69, 9.17) is 23.2 Å². The van der Waals surface area contributed by atoms with Crippen molar-refractivity contribution in [2.45, 2.75) is 66.2 Å². The predicted octanol–water partition coefficient (Wildman–Crippen LogP) is 7.91. The molecule has 3 nitrogen and oxygen atoms in total. The number of halogens is 2. The second kappa shape index (κ2) is 12.3. The molecule has 0 heterocycles. The number of rotatable bonds is 5. The lowest BCUT2D eigenvalue weighted by Gasteiger charge is -2.26. The lowest BCUT2D eigenvalue weighted by molar-refractivity contribution is -0.121. The second-order valence-corrected chi connectivity index (χ2v) is 9.07. The summed E-state index contributed by atoms with van der Waals surface area (Å²) in [5.41, 5.74) is 3.99. The first-order chi connectivity index (χ1) is 14.8. The van der Waals surface area contributed by atoms with Gasteiger partial charge in [-0.2, -0.15) is 0 Å². The maximum atomic E-state index is 12.2. The molecule has 0 aliphatic heterocycles. The third kappa shape index (κ3) is 7.36. The Balaban J connectivity index is 0.000000245. The van der Waals surface area contributed by atoms with Crippen molar-refractivity contribution in [3.05, 3.63) is 63.1 Å². The van der Waals surface area contributed by atoms with Crippen molar-refractivity contribution in [3.63, 3.8) is 0 Å². The van der Waals surface area contributed by atoms with Gasteiger partial charge in [0.25, 0.3) is 0 Å². The lowest BCUT2D eigenvalue weighted by atomic mass is 9.80. The molecular weight excluding hydrogens is 429 g/mol. The van der Waals surface area contributed by atoms with Gasteiger partial charge in [0.05, 0.1) is 10.0 Å². The summed E-state index contributed by atoms with van der Waals surface area (Å²) in [6.45, 7) is 7.97. The fourth-order valence-electron chi connectivity index (χ4n) is 4.15. The topological polar surface area (TPSA) is 46.2 Å². The molecule has 0 spiro atoms. The number of amides is 1. The molecule has 3 rings (SSSR count). The van der Waals surface area contributed by atoms with E-state index < -0.39 is 0 Å². The molecule has 1 amide bonds. The van der Waals surface area contributed by atoms with Crippen LogP contribution in [0.2, 0.25) is 10.0 Å². The molecule has 31 heavy (non-hydrogen) atoms. The van der Waals surface area contributed by atoms with Crippen molar-refractivity contribution >= 4 is 40.6 Å². The first kappa shape index (κ1) is 25.4. The van der Waals surface area contributed by atoms with E-state index in [2.05, 4.69) is 19.2 Å². The van der Waals surface area contributed by atoms with Gasteiger partial charge in [0.15, 0.2) is 5.78 Å². The Hall–Kier alpha value is -1.84. The van der Waals surface area contributed by atoms with Gasteiger partial charge in [0.2, 0.25) is 5.91 Å². The minimum atomic E-state index is 0.105. The molecule has 0 atom stereocenters. The Bertz CT molecular complexity index is 902. The van der Waals surface area contributed by atoms with Crippen LogP contribution >= 0.6 is 23.2 Å². The first-order valence-electron chi connectivity index (χ1n) is 11.1. The van der Waals surface area contributed by atoms with Gasteiger partial charge < -0.3 is 5.32 Å². The molecule has 5 heteroatoms. The van der Waals surface area contributed by atoms with Crippen LogP contribution in [-0.2, 0) is 11.2 Å². The summed E-state index contributed by atoms with van der Waals surface area (Å²) in [6.07, 6.45) is 6.46. The fraction of sp³-hybridized carbons (Fsp3) is 0.462. The fourth-order valence-corrected chi connectivity index (χ4v) is 4.45. The van der Waals surface area contributed by atoms with Crippen LogP contribution in [-0.4, -0.2) is 11.7 Å². The minimum Gasteiger partial charge on any atom is -0.326 e. The highest BCUT2D eigenvalue weighted by molar-refractivity contribution is 6.42. The number of nitrogens with one attached hydrogen (secondary N) is 1. The number of hydrogen-bond donors (Lipinski definition) is 1. The molecule has 1 fully saturated rings. The van der Waals surface area contributed by atoms with Gasteiger partial charge in [-0.1, -0.05) is 61.7 Å². The van der Waals surface area contributed by atoms with Crippen LogP contribution in [0.1, 0.15) is 74.4 Å². The zero-order chi connectivity index (χ0) is 23.0. The standard InChI is InChI=1S/C15H19Cl2NO.C11H14O/c1-2-10-3-5-11(6-4-10)15(19)18-12-7-8-13(16)14(17)9-12;1-4-10-8(2)6-5-7-11(10)9(3)12/h7-11H,2-6H2,1H3,(H,18,19);5-7H,4H2,1-3H3. The van der Waals surface area contributed by atoms with Gasteiger partial charge >= 0.3 is 0 Å². The zero-order valence-electron chi connectivity index (χ0n) is 18.9. The molecule has 1 aliphatic carbocycles. The summed E-state index contributed by atoms with van der Waals surface area (Å²) >= 11 is 11.8. The average molecular weight is 462 g/mol. The number of carbonyl (C=O) groups is 2. The number of aryl methyl sites for hydroxylation is 1. The third-order valence-corrected chi connectivity index (χ3v) is 6.86. The van der Waals surface area contributed by atoms with Crippen LogP contribution < -0.4 is 5.32 Å². The first-order valence-corrected chi connectivity index (χ1v) is 11.9. The van der Waals surface area contributed by atoms with E-state index in [1.54, 1.807) is 25.1 Å². The minimum absolute atomic E-state index is 0.105. The van der Waals surface area contributed by atoms with Crippen LogP contribution in [0.25, 0.3) is 0 Å². The molecule has 0 radical (unpaired) electrons. The van der Waals surface area contributed by atoms with Crippen LogP contribution in [0.15, 0.2) is 36.4 Å². The highest BCUT2D eigenvalue weighted by atomic mass is 35.5. The Morgan fingerprint density at radius 2 is 1.68 bits per heavy atom. The van der Waals surface area contributed by atoms with Crippen molar-refractivity contribution in [2.75, 3.05) is 5.32 Å². The van der Waals surface area contributed by atoms with E-state index in [9.17, 15) is 9.59 Å². The molecule has 2 aromatic rings. The van der Waals surface area contributed by atoms with Gasteiger partial charge in [-0.15, -0.1) is 0 Å². The highest BCUT2D eigenvalue weighted by Crippen LogP contribution is 2.32. The molecule has 168 valence electrons. The summed E-state index contributed by atoms with van der Waals surface area (Å²) < 4.78 is 0. The molecule has 0 saturated heterocycles. The van der Waals surface area contributed by atoms with E-state index in [-0.39, 0.29) is 17.6 Å².